The zero-order valence-corrected chi connectivity index (χ0v) is 15.8. The van der Waals surface area contributed by atoms with Gasteiger partial charge in [-0.1, -0.05) is 0 Å². The van der Waals surface area contributed by atoms with Crippen molar-refractivity contribution in [3.63, 3.8) is 0 Å². The van der Waals surface area contributed by atoms with Gasteiger partial charge >= 0.3 is 6.18 Å². The smallest absolute Gasteiger partial charge is 0.435 e. The fraction of sp³-hybridized carbons (Fsp3) is 0.350. The molecule has 0 aliphatic carbocycles. The summed E-state index contributed by atoms with van der Waals surface area (Å²) in [6.07, 6.45) is -1.62. The molecule has 0 radical (unpaired) electrons. The Labute approximate surface area is 164 Å². The summed E-state index contributed by atoms with van der Waals surface area (Å²) in [4.78, 5) is 15.8. The molecule has 1 aliphatic rings. The predicted octanol–water partition coefficient (Wildman–Crippen LogP) is 3.56. The molecule has 0 spiro atoms. The summed E-state index contributed by atoms with van der Waals surface area (Å²) in [5.41, 5.74) is -0.160. The Morgan fingerprint density at radius 1 is 1.34 bits per heavy atom. The lowest BCUT2D eigenvalue weighted by Crippen LogP contribution is -2.25. The van der Waals surface area contributed by atoms with Crippen LogP contribution in [-0.4, -0.2) is 33.3 Å². The van der Waals surface area contributed by atoms with Crippen LogP contribution in [0.2, 0.25) is 0 Å². The number of nitrogens with zero attached hydrogens (tertiary/aromatic N) is 3. The molecule has 4 rings (SSSR count). The number of ether oxygens (including phenoxy) is 1. The predicted molar refractivity (Wildman–Crippen MR) is 100 cm³/mol. The zero-order valence-electron chi connectivity index (χ0n) is 15.8. The molecule has 152 valence electrons. The summed E-state index contributed by atoms with van der Waals surface area (Å²) in [6, 6.07) is 6.72. The molecule has 1 aliphatic heterocycles. The first-order chi connectivity index (χ1) is 13.7. The van der Waals surface area contributed by atoms with Crippen LogP contribution in [0.25, 0.3) is 22.0 Å². The standard InChI is InChI=1S/C20H19F3N4O2/c1-11(13-8-18(28)25-9-13)29-17-7-12(6-16-14(17)4-3-5-24-16)15-10-27(2)26-19(15)20(21,22)23/h3-7,10-11,13H,8-9H2,1-2H3,(H,25,28). The van der Waals surface area contributed by atoms with E-state index in [4.69, 9.17) is 4.74 Å². The van der Waals surface area contributed by atoms with Crippen LogP contribution in [0.1, 0.15) is 19.0 Å². The minimum atomic E-state index is -4.58. The van der Waals surface area contributed by atoms with Crippen molar-refractivity contribution in [3.8, 4) is 16.9 Å². The zero-order chi connectivity index (χ0) is 20.8. The van der Waals surface area contributed by atoms with Crippen molar-refractivity contribution in [2.24, 2.45) is 13.0 Å². The van der Waals surface area contributed by atoms with Crippen LogP contribution in [0.5, 0.6) is 5.75 Å². The summed E-state index contributed by atoms with van der Waals surface area (Å²) in [5.74, 6) is 0.382. The van der Waals surface area contributed by atoms with Crippen molar-refractivity contribution in [2.75, 3.05) is 6.54 Å². The Hall–Kier alpha value is -3.10. The summed E-state index contributed by atoms with van der Waals surface area (Å²) >= 11 is 0. The maximum Gasteiger partial charge on any atom is 0.435 e. The first kappa shape index (κ1) is 19.2. The van der Waals surface area contributed by atoms with Gasteiger partial charge in [0.1, 0.15) is 11.9 Å². The monoisotopic (exact) mass is 404 g/mol. The largest absolute Gasteiger partial charge is 0.490 e. The van der Waals surface area contributed by atoms with E-state index in [1.165, 1.54) is 13.2 Å². The minimum absolute atomic E-state index is 0.0120. The van der Waals surface area contributed by atoms with Crippen molar-refractivity contribution in [2.45, 2.75) is 25.6 Å². The maximum atomic E-state index is 13.5. The van der Waals surface area contributed by atoms with E-state index < -0.39 is 11.9 Å². The summed E-state index contributed by atoms with van der Waals surface area (Å²) in [7, 11) is 1.45. The molecular weight excluding hydrogens is 385 g/mol. The van der Waals surface area contributed by atoms with Gasteiger partial charge in [-0.3, -0.25) is 14.5 Å². The number of pyridine rings is 1. The number of hydrogen-bond acceptors (Lipinski definition) is 4. The number of halogens is 3. The fourth-order valence-corrected chi connectivity index (χ4v) is 3.57. The van der Waals surface area contributed by atoms with Crippen molar-refractivity contribution < 1.29 is 22.7 Å². The lowest BCUT2D eigenvalue weighted by molar-refractivity contribution is -0.141. The minimum Gasteiger partial charge on any atom is -0.490 e. The van der Waals surface area contributed by atoms with Crippen LogP contribution in [-0.2, 0) is 18.0 Å². The highest BCUT2D eigenvalue weighted by Gasteiger charge is 2.37. The van der Waals surface area contributed by atoms with E-state index in [1.807, 2.05) is 6.92 Å². The van der Waals surface area contributed by atoms with Crippen LogP contribution in [0.4, 0.5) is 13.2 Å². The van der Waals surface area contributed by atoms with E-state index in [0.29, 0.717) is 35.2 Å². The first-order valence-electron chi connectivity index (χ1n) is 9.15. The first-order valence-corrected chi connectivity index (χ1v) is 9.15. The van der Waals surface area contributed by atoms with E-state index in [2.05, 4.69) is 15.4 Å². The molecule has 1 N–H and O–H groups in total. The van der Waals surface area contributed by atoms with Crippen LogP contribution >= 0.6 is 0 Å². The number of aryl methyl sites for hydroxylation is 1. The molecule has 6 nitrogen and oxygen atoms in total. The number of amides is 1. The average molecular weight is 404 g/mol. The van der Waals surface area contributed by atoms with Crippen LogP contribution in [0.3, 0.4) is 0 Å². The number of fused-ring (bicyclic) bond motifs is 1. The summed E-state index contributed by atoms with van der Waals surface area (Å²) in [5, 5.41) is 7.05. The van der Waals surface area contributed by atoms with Gasteiger partial charge < -0.3 is 10.1 Å². The third-order valence-corrected chi connectivity index (χ3v) is 5.08. The van der Waals surface area contributed by atoms with Gasteiger partial charge in [-0.15, -0.1) is 0 Å². The lowest BCUT2D eigenvalue weighted by atomic mass is 10.0. The number of alkyl halides is 3. The molecule has 0 saturated carbocycles. The summed E-state index contributed by atoms with van der Waals surface area (Å²) < 4.78 is 47.6. The lowest BCUT2D eigenvalue weighted by Gasteiger charge is -2.21. The summed E-state index contributed by atoms with van der Waals surface area (Å²) in [6.45, 7) is 2.36. The molecule has 2 unspecified atom stereocenters. The third-order valence-electron chi connectivity index (χ3n) is 5.08. The SMILES string of the molecule is CC(Oc1cc(-c2cn(C)nc2C(F)(F)F)cc2ncccc12)C1CNC(=O)C1. The van der Waals surface area contributed by atoms with Crippen LogP contribution in [0.15, 0.2) is 36.7 Å². The van der Waals surface area contributed by atoms with E-state index in [-0.39, 0.29) is 23.5 Å². The normalized spacial score (nSPS) is 18.1. The Bertz CT molecular complexity index is 1080. The highest BCUT2D eigenvalue weighted by molar-refractivity contribution is 5.90. The quantitative estimate of drug-likeness (QED) is 0.722. The van der Waals surface area contributed by atoms with Gasteiger partial charge in [0, 0.05) is 49.3 Å². The van der Waals surface area contributed by atoms with E-state index in [1.54, 1.807) is 30.5 Å². The van der Waals surface area contributed by atoms with E-state index in [0.717, 1.165) is 4.68 Å². The van der Waals surface area contributed by atoms with Gasteiger partial charge in [0.05, 0.1) is 5.52 Å². The molecule has 3 heterocycles. The third kappa shape index (κ3) is 3.76. The van der Waals surface area contributed by atoms with Crippen molar-refractivity contribution in [1.82, 2.24) is 20.1 Å². The topological polar surface area (TPSA) is 69.0 Å². The second-order valence-electron chi connectivity index (χ2n) is 7.20. The second kappa shape index (κ2) is 7.06. The fourth-order valence-electron chi connectivity index (χ4n) is 3.57. The Kier molecular flexibility index (Phi) is 4.68. The Balaban J connectivity index is 1.79. The van der Waals surface area contributed by atoms with Gasteiger partial charge in [0.2, 0.25) is 5.91 Å². The molecule has 1 amide bonds. The van der Waals surface area contributed by atoms with Gasteiger partial charge in [-0.05, 0) is 36.8 Å². The number of carbonyl (C=O) groups excluding carboxylic acids is 1. The number of aromatic nitrogens is 3. The molecule has 2 aromatic heterocycles. The van der Waals surface area contributed by atoms with Crippen molar-refractivity contribution >= 4 is 16.8 Å². The van der Waals surface area contributed by atoms with Gasteiger partial charge in [0.25, 0.3) is 0 Å². The highest BCUT2D eigenvalue weighted by Crippen LogP contribution is 2.39. The molecule has 0 bridgehead atoms. The molecule has 9 heteroatoms. The molecule has 1 fully saturated rings. The average Bonchev–Trinajstić information content (AvgIpc) is 3.27. The highest BCUT2D eigenvalue weighted by atomic mass is 19.4. The number of rotatable bonds is 4. The molecule has 1 aromatic carbocycles. The van der Waals surface area contributed by atoms with Crippen molar-refractivity contribution in [3.05, 3.63) is 42.4 Å². The Morgan fingerprint density at radius 3 is 2.83 bits per heavy atom. The van der Waals surface area contributed by atoms with Gasteiger partial charge in [0.15, 0.2) is 5.69 Å². The van der Waals surface area contributed by atoms with Crippen LogP contribution in [0, 0.1) is 5.92 Å². The van der Waals surface area contributed by atoms with Gasteiger partial charge in [-0.25, -0.2) is 0 Å². The molecule has 3 aromatic rings. The van der Waals surface area contributed by atoms with E-state index >= 15 is 0 Å². The number of carbonyl (C=O) groups is 1. The number of hydrogen-bond donors (Lipinski definition) is 1. The van der Waals surface area contributed by atoms with Crippen LogP contribution < -0.4 is 10.1 Å². The number of benzene rings is 1. The van der Waals surface area contributed by atoms with Crippen molar-refractivity contribution in [1.29, 1.82) is 0 Å². The molecule has 29 heavy (non-hydrogen) atoms. The molecular formula is C20H19F3N4O2. The molecule has 1 saturated heterocycles. The second-order valence-corrected chi connectivity index (χ2v) is 7.20. The molecule has 2 atom stereocenters. The van der Waals surface area contributed by atoms with E-state index in [9.17, 15) is 18.0 Å². The number of nitrogens with one attached hydrogen (secondary N) is 1. The van der Waals surface area contributed by atoms with Gasteiger partial charge in [-0.2, -0.15) is 18.3 Å². The Morgan fingerprint density at radius 2 is 2.14 bits per heavy atom. The maximum absolute atomic E-state index is 13.5.